The van der Waals surface area contributed by atoms with E-state index in [2.05, 4.69) is 16.4 Å². The minimum Gasteiger partial charge on any atom is -0.862 e. The molecule has 224 valence electrons. The largest absolute Gasteiger partial charge is 1.00 e. The molecule has 2 rings (SSSR count). The summed E-state index contributed by atoms with van der Waals surface area (Å²) < 4.78 is 38.2. The number of hydrogen-bond donors (Lipinski definition) is 6. The van der Waals surface area contributed by atoms with Crippen LogP contribution >= 0.6 is 7.82 Å². The molecule has 40 heavy (non-hydrogen) atoms. The zero-order valence-corrected chi connectivity index (χ0v) is 28.4. The van der Waals surface area contributed by atoms with Crippen LogP contribution in [0.4, 0.5) is 0 Å². The third-order valence-electron chi connectivity index (χ3n) is 6.30. The summed E-state index contributed by atoms with van der Waals surface area (Å²) in [5.41, 5.74) is 0. The van der Waals surface area contributed by atoms with Crippen LogP contribution in [0.2, 0.25) is 0 Å². The van der Waals surface area contributed by atoms with Crippen molar-refractivity contribution in [3.63, 3.8) is 0 Å². The van der Waals surface area contributed by atoms with Crippen LogP contribution in [0.3, 0.4) is 0 Å². The van der Waals surface area contributed by atoms with E-state index in [1.54, 1.807) is 0 Å². The summed E-state index contributed by atoms with van der Waals surface area (Å²) in [4.78, 5) is 24.4. The number of hydrogen-bond acceptors (Lipinski definition) is 14. The van der Waals surface area contributed by atoms with E-state index < -0.39 is 88.3 Å². The van der Waals surface area contributed by atoms with Crippen LogP contribution < -0.4 is 69.1 Å². The SMILES string of the molecule is CCCCCCCCO[C@@H]1O[C@H](CO)[C@@H](O[C@@H]2O[C@H](CO)[C@H](O)[C@H](O)[C@H]2OP(=O)([O-])O)[C@H](O)[C@H]1N=C(C)[O-].[Na+].[Na+]. The Morgan fingerprint density at radius 1 is 0.900 bits per heavy atom. The molecule has 0 radical (unpaired) electrons. The summed E-state index contributed by atoms with van der Waals surface area (Å²) >= 11 is 0. The standard InChI is InChI=1S/C22H42NO14P.2Na/c1-3-4-5-6-7-8-9-33-21-15(23-12(2)26)17(28)19(14(11-25)35-21)36-22-20(37-38(30,31)32)18(29)16(27)13(10-24)34-22;;/h13-22,24-25,27-29H,3-11H2,1-2H3,(H,23,26)(H2,30,31,32);;/q;2*+1/p-2/t13-,14-,15-,16+,17-,18+,19-,20-,21-,22+;;/m1../s1. The second-order valence-corrected chi connectivity index (χ2v) is 10.5. The van der Waals surface area contributed by atoms with Gasteiger partial charge in [0.15, 0.2) is 12.6 Å². The molecule has 0 aromatic carbocycles. The Morgan fingerprint density at radius 2 is 1.48 bits per heavy atom. The normalized spacial score (nSPS) is 36.3. The van der Waals surface area contributed by atoms with Crippen molar-refractivity contribution in [1.29, 1.82) is 0 Å². The van der Waals surface area contributed by atoms with Gasteiger partial charge in [0.2, 0.25) is 0 Å². The minimum absolute atomic E-state index is 0. The average Bonchev–Trinajstić information content (AvgIpc) is 2.85. The molecule has 2 fully saturated rings. The third-order valence-corrected chi connectivity index (χ3v) is 6.81. The van der Waals surface area contributed by atoms with E-state index in [0.29, 0.717) is 6.42 Å². The Hall–Kier alpha value is 1.22. The molecule has 0 spiro atoms. The van der Waals surface area contributed by atoms with E-state index >= 15 is 0 Å². The maximum Gasteiger partial charge on any atom is 1.00 e. The Bertz CT molecular complexity index is 776. The molecule has 0 aromatic rings. The van der Waals surface area contributed by atoms with Gasteiger partial charge in [-0.1, -0.05) is 39.0 Å². The summed E-state index contributed by atoms with van der Waals surface area (Å²) in [5, 5.41) is 62.7. The Kier molecular flexibility index (Phi) is 20.9. The van der Waals surface area contributed by atoms with Gasteiger partial charge in [0.25, 0.3) is 7.82 Å². The third kappa shape index (κ3) is 12.7. The Balaban J connectivity index is 0.00000760. The molecular formula is C22H40NNa2O14P. The quantitative estimate of drug-likeness (QED) is 0.0328. The van der Waals surface area contributed by atoms with Crippen LogP contribution in [0.1, 0.15) is 52.4 Å². The fourth-order valence-electron chi connectivity index (χ4n) is 4.37. The summed E-state index contributed by atoms with van der Waals surface area (Å²) in [6, 6.07) is -1.31. The number of aliphatic imine (C=N–C) groups is 1. The van der Waals surface area contributed by atoms with Gasteiger partial charge in [0.1, 0.15) is 48.8 Å². The predicted octanol–water partition coefficient (Wildman–Crippen LogP) is -8.73. The number of phosphoric acid groups is 1. The molecule has 0 aliphatic carbocycles. The predicted molar refractivity (Wildman–Crippen MR) is 125 cm³/mol. The minimum atomic E-state index is -5.49. The van der Waals surface area contributed by atoms with Gasteiger partial charge in [-0.3, -0.25) is 9.56 Å². The van der Waals surface area contributed by atoms with Crippen LogP contribution in [-0.2, 0) is 28.0 Å². The molecule has 2 aliphatic rings. The summed E-state index contributed by atoms with van der Waals surface area (Å²) in [6.07, 6.45) is -9.00. The molecule has 0 aromatic heterocycles. The zero-order valence-electron chi connectivity index (χ0n) is 23.5. The summed E-state index contributed by atoms with van der Waals surface area (Å²) in [5.74, 6) is -0.659. The first kappa shape index (κ1) is 41.2. The maximum atomic E-state index is 11.8. The maximum absolute atomic E-state index is 11.8. The molecule has 11 atom stereocenters. The molecule has 15 nitrogen and oxygen atoms in total. The van der Waals surface area contributed by atoms with Crippen molar-refractivity contribution in [2.45, 2.75) is 114 Å². The molecule has 18 heteroatoms. The molecule has 2 heterocycles. The molecule has 0 amide bonds. The molecule has 2 aliphatic heterocycles. The van der Waals surface area contributed by atoms with Gasteiger partial charge in [0, 0.05) is 6.61 Å². The first-order valence-electron chi connectivity index (χ1n) is 12.7. The fourth-order valence-corrected chi connectivity index (χ4v) is 4.91. The van der Waals surface area contributed by atoms with E-state index in [4.69, 9.17) is 23.8 Å². The topological polar surface area (TPSA) is 243 Å². The van der Waals surface area contributed by atoms with Crippen LogP contribution in [0, 0.1) is 0 Å². The Labute approximate surface area is 278 Å². The van der Waals surface area contributed by atoms with Gasteiger partial charge in [-0.15, -0.1) is 0 Å². The number of aliphatic hydroxyl groups excluding tert-OH is 5. The van der Waals surface area contributed by atoms with Crippen molar-refractivity contribution in [3.8, 4) is 0 Å². The van der Waals surface area contributed by atoms with E-state index in [0.717, 1.165) is 39.0 Å². The number of nitrogens with zero attached hydrogens (tertiary/aromatic N) is 1. The first-order chi connectivity index (χ1) is 17.9. The summed E-state index contributed by atoms with van der Waals surface area (Å²) in [6.45, 7) is 1.95. The fraction of sp³-hybridized carbons (Fsp3) is 0.955. The number of aliphatic hydroxyl groups is 5. The van der Waals surface area contributed by atoms with Gasteiger partial charge in [-0.05, 0) is 19.2 Å². The van der Waals surface area contributed by atoms with Crippen LogP contribution in [0.25, 0.3) is 0 Å². The van der Waals surface area contributed by atoms with Crippen molar-refractivity contribution in [3.05, 3.63) is 0 Å². The van der Waals surface area contributed by atoms with E-state index in [1.807, 2.05) is 0 Å². The van der Waals surface area contributed by atoms with E-state index in [9.17, 15) is 40.1 Å². The molecule has 2 saturated heterocycles. The van der Waals surface area contributed by atoms with Crippen molar-refractivity contribution in [2.75, 3.05) is 19.8 Å². The van der Waals surface area contributed by atoms with Gasteiger partial charge in [0.05, 0.1) is 13.2 Å². The van der Waals surface area contributed by atoms with Crippen molar-refractivity contribution < 1.29 is 128 Å². The number of ether oxygens (including phenoxy) is 4. The monoisotopic (exact) mass is 619 g/mol. The smallest absolute Gasteiger partial charge is 0.862 e. The van der Waals surface area contributed by atoms with Crippen molar-refractivity contribution >= 4 is 13.7 Å². The number of unbranched alkanes of at least 4 members (excludes halogenated alkanes) is 5. The van der Waals surface area contributed by atoms with Crippen molar-refractivity contribution in [1.82, 2.24) is 0 Å². The van der Waals surface area contributed by atoms with Crippen molar-refractivity contribution in [2.24, 2.45) is 4.99 Å². The molecule has 0 bridgehead atoms. The number of phosphoric ester groups is 1. The van der Waals surface area contributed by atoms with Gasteiger partial charge >= 0.3 is 59.1 Å². The van der Waals surface area contributed by atoms with Crippen LogP contribution in [0.5, 0.6) is 0 Å². The van der Waals surface area contributed by atoms with E-state index in [1.165, 1.54) is 0 Å². The van der Waals surface area contributed by atoms with E-state index in [-0.39, 0.29) is 65.7 Å². The first-order valence-corrected chi connectivity index (χ1v) is 14.2. The summed E-state index contributed by atoms with van der Waals surface area (Å²) in [7, 11) is -5.49. The molecule has 1 unspecified atom stereocenters. The van der Waals surface area contributed by atoms with Crippen LogP contribution in [-0.4, -0.2) is 117 Å². The second kappa shape index (κ2) is 20.3. The molecule has 6 N–H and O–H groups in total. The zero-order chi connectivity index (χ0) is 28.5. The molecule has 0 saturated carbocycles. The van der Waals surface area contributed by atoms with Gasteiger partial charge in [-0.2, -0.15) is 0 Å². The Morgan fingerprint density at radius 3 is 2.02 bits per heavy atom. The second-order valence-electron chi connectivity index (χ2n) is 9.34. The number of rotatable bonds is 15. The van der Waals surface area contributed by atoms with Gasteiger partial charge < -0.3 is 63.9 Å². The van der Waals surface area contributed by atoms with Gasteiger partial charge in [-0.25, -0.2) is 0 Å². The molecular weight excluding hydrogens is 579 g/mol. The van der Waals surface area contributed by atoms with Crippen LogP contribution in [0.15, 0.2) is 4.99 Å². The average molecular weight is 620 g/mol.